The highest BCUT2D eigenvalue weighted by atomic mass is 19.1. The van der Waals surface area contributed by atoms with Crippen molar-refractivity contribution in [1.29, 1.82) is 0 Å². The van der Waals surface area contributed by atoms with E-state index in [-0.39, 0.29) is 0 Å². The van der Waals surface area contributed by atoms with Crippen molar-refractivity contribution in [3.05, 3.63) is 0 Å². The van der Waals surface area contributed by atoms with Crippen LogP contribution in [0.4, 0.5) is 4.39 Å². The van der Waals surface area contributed by atoms with Crippen molar-refractivity contribution in [3.63, 3.8) is 0 Å². The van der Waals surface area contributed by atoms with Crippen LogP contribution in [0.25, 0.3) is 0 Å². The van der Waals surface area contributed by atoms with Gasteiger partial charge in [0.25, 0.3) is 0 Å². The molecule has 0 aliphatic heterocycles. The molecule has 0 amide bonds. The maximum absolute atomic E-state index is 16.2. The summed E-state index contributed by atoms with van der Waals surface area (Å²) in [6.45, 7) is 6.33. The Morgan fingerprint density at radius 3 is 1.25 bits per heavy atom. The molecule has 3 nitrogen and oxygen atoms in total. The normalized spacial score (nSPS) is 42.3. The number of hydrogen-bond acceptors (Lipinski definition) is 3. The number of rotatable bonds is 12. The second-order valence-corrected chi connectivity index (χ2v) is 14.9. The number of carbonyl (C=O) groups excluding carboxylic acids is 1. The molecular weight excluding hydrogens is 499 g/mol. The highest BCUT2D eigenvalue weighted by molar-refractivity contribution is 5.98. The van der Waals surface area contributed by atoms with Crippen LogP contribution in [-0.2, 0) is 14.3 Å². The molecule has 4 heteroatoms. The fraction of sp³-hybridized carbons (Fsp3) is 0.972. The van der Waals surface area contributed by atoms with Crippen LogP contribution < -0.4 is 0 Å². The van der Waals surface area contributed by atoms with Gasteiger partial charge in [-0.05, 0) is 139 Å². The van der Waals surface area contributed by atoms with Crippen LogP contribution in [0.5, 0.6) is 0 Å². The smallest absolute Gasteiger partial charge is 0.151 e. The summed E-state index contributed by atoms with van der Waals surface area (Å²) in [6, 6.07) is 0. The van der Waals surface area contributed by atoms with Gasteiger partial charge in [0.05, 0.1) is 23.0 Å². The number of hydrogen-bond donors (Lipinski definition) is 0. The van der Waals surface area contributed by atoms with Crippen molar-refractivity contribution in [2.75, 3.05) is 13.2 Å². The highest BCUT2D eigenvalue weighted by Gasteiger charge is 2.71. The molecule has 0 N–H and O–H groups in total. The van der Waals surface area contributed by atoms with Gasteiger partial charge in [-0.1, -0.05) is 39.5 Å². The van der Waals surface area contributed by atoms with Gasteiger partial charge in [-0.3, -0.25) is 4.79 Å². The SMILES string of the molecule is CCCCCOC1CCC(C2CC[C@]3(CC2)C(=O)[C@@]2(CCC(C4CCC(OCCCCC)CC4)CC2)[C@H]3F)CC1. The maximum atomic E-state index is 16.2. The Kier molecular flexibility index (Phi) is 11.1. The Balaban J connectivity index is 1.02. The summed E-state index contributed by atoms with van der Waals surface area (Å²) in [7, 11) is 0. The molecule has 230 valence electrons. The van der Waals surface area contributed by atoms with E-state index in [0.29, 0.717) is 29.8 Å². The average molecular weight is 561 g/mol. The predicted octanol–water partition coefficient (Wildman–Crippen LogP) is 9.79. The molecule has 0 unspecified atom stereocenters. The van der Waals surface area contributed by atoms with E-state index in [1.165, 1.54) is 89.9 Å². The standard InChI is InChI=1S/C36H61FO3/c1-3-5-7-25-39-31-13-9-27(10-14-31)29-17-21-35(22-18-29)33(37)36(34(35)38)23-19-30(20-24-36)28-11-15-32(16-12-28)40-26-8-6-4-2/h27-33H,3-26H2,1-2H3/t27?,28?,29?,30?,31?,32?,33?,35-,36-. The minimum atomic E-state index is -0.881. The Hall–Kier alpha value is -0.480. The zero-order chi connectivity index (χ0) is 28.0. The second-order valence-electron chi connectivity index (χ2n) is 14.9. The third-order valence-electron chi connectivity index (χ3n) is 12.7. The predicted molar refractivity (Wildman–Crippen MR) is 161 cm³/mol. The molecule has 0 aromatic heterocycles. The summed E-state index contributed by atoms with van der Waals surface area (Å²) in [5, 5.41) is 0. The molecule has 5 rings (SSSR count). The van der Waals surface area contributed by atoms with Gasteiger partial charge in [0, 0.05) is 13.2 Å². The highest BCUT2D eigenvalue weighted by Crippen LogP contribution is 2.66. The van der Waals surface area contributed by atoms with Gasteiger partial charge >= 0.3 is 0 Å². The third-order valence-corrected chi connectivity index (χ3v) is 12.7. The van der Waals surface area contributed by atoms with Crippen molar-refractivity contribution in [2.24, 2.45) is 34.5 Å². The topological polar surface area (TPSA) is 35.5 Å². The van der Waals surface area contributed by atoms with E-state index in [2.05, 4.69) is 13.8 Å². The summed E-state index contributed by atoms with van der Waals surface area (Å²) in [5.41, 5.74) is -1.23. The molecule has 5 fully saturated rings. The fourth-order valence-corrected chi connectivity index (χ4v) is 10.0. The van der Waals surface area contributed by atoms with E-state index >= 15 is 4.39 Å². The van der Waals surface area contributed by atoms with Crippen molar-refractivity contribution < 1.29 is 18.7 Å². The molecular formula is C36H61FO3. The zero-order valence-electron chi connectivity index (χ0n) is 26.1. The van der Waals surface area contributed by atoms with Crippen molar-refractivity contribution in [1.82, 2.24) is 0 Å². The lowest BCUT2D eigenvalue weighted by atomic mass is 9.41. The van der Waals surface area contributed by atoms with Gasteiger partial charge in [0.1, 0.15) is 6.17 Å². The number of halogens is 1. The van der Waals surface area contributed by atoms with Gasteiger partial charge in [-0.15, -0.1) is 0 Å². The summed E-state index contributed by atoms with van der Waals surface area (Å²) in [4.78, 5) is 13.8. The molecule has 2 spiro atoms. The number of alkyl halides is 1. The van der Waals surface area contributed by atoms with Crippen molar-refractivity contribution in [3.8, 4) is 0 Å². The van der Waals surface area contributed by atoms with Crippen LogP contribution in [0.15, 0.2) is 0 Å². The van der Waals surface area contributed by atoms with Crippen LogP contribution in [0.3, 0.4) is 0 Å². The van der Waals surface area contributed by atoms with Gasteiger partial charge < -0.3 is 9.47 Å². The van der Waals surface area contributed by atoms with Crippen molar-refractivity contribution >= 4 is 5.78 Å². The third kappa shape index (κ3) is 6.53. The second kappa shape index (κ2) is 14.3. The van der Waals surface area contributed by atoms with Crippen LogP contribution in [-0.4, -0.2) is 37.4 Å². The minimum Gasteiger partial charge on any atom is -0.378 e. The average Bonchev–Trinajstić information content (AvgIpc) is 3.02. The lowest BCUT2D eigenvalue weighted by molar-refractivity contribution is -0.195. The number of ether oxygens (including phenoxy) is 2. The van der Waals surface area contributed by atoms with Gasteiger partial charge in [0.2, 0.25) is 0 Å². The van der Waals surface area contributed by atoms with Gasteiger partial charge in [-0.25, -0.2) is 4.39 Å². The van der Waals surface area contributed by atoms with E-state index in [0.717, 1.165) is 76.4 Å². The Morgan fingerprint density at radius 2 is 0.925 bits per heavy atom. The Morgan fingerprint density at radius 1 is 0.575 bits per heavy atom. The first-order valence-corrected chi connectivity index (χ1v) is 17.9. The molecule has 0 saturated heterocycles. The zero-order valence-corrected chi connectivity index (χ0v) is 26.1. The number of ketones is 1. The number of carbonyl (C=O) groups is 1. The number of Topliss-reactive ketones (excluding diaryl/α,β-unsaturated/α-hetero) is 1. The van der Waals surface area contributed by atoms with E-state index < -0.39 is 17.0 Å². The molecule has 0 heterocycles. The monoisotopic (exact) mass is 560 g/mol. The molecule has 0 aromatic rings. The first-order valence-electron chi connectivity index (χ1n) is 17.9. The largest absolute Gasteiger partial charge is 0.378 e. The van der Waals surface area contributed by atoms with E-state index in [1.54, 1.807) is 0 Å². The van der Waals surface area contributed by atoms with Crippen LogP contribution in [0.1, 0.15) is 155 Å². The van der Waals surface area contributed by atoms with E-state index in [4.69, 9.17) is 9.47 Å². The summed E-state index contributed by atoms with van der Waals surface area (Å²) < 4.78 is 28.5. The first kappa shape index (κ1) is 31.0. The fourth-order valence-electron chi connectivity index (χ4n) is 10.0. The van der Waals surface area contributed by atoms with Gasteiger partial charge in [0.15, 0.2) is 5.78 Å². The number of unbranched alkanes of at least 4 members (excludes halogenated alkanes) is 4. The quantitative estimate of drug-likeness (QED) is 0.223. The summed E-state index contributed by atoms with van der Waals surface area (Å²) in [5.74, 6) is 3.27. The maximum Gasteiger partial charge on any atom is 0.151 e. The lowest BCUT2D eigenvalue weighted by Crippen LogP contribution is -2.69. The van der Waals surface area contributed by atoms with Gasteiger partial charge in [-0.2, -0.15) is 0 Å². The molecule has 5 saturated carbocycles. The van der Waals surface area contributed by atoms with E-state index in [1.807, 2.05) is 0 Å². The Bertz CT molecular complexity index is 703. The van der Waals surface area contributed by atoms with Crippen molar-refractivity contribution in [2.45, 2.75) is 173 Å². The molecule has 5 aliphatic carbocycles. The first-order chi connectivity index (χ1) is 19.5. The molecule has 40 heavy (non-hydrogen) atoms. The lowest BCUT2D eigenvalue weighted by Gasteiger charge is -2.62. The van der Waals surface area contributed by atoms with Crippen LogP contribution in [0, 0.1) is 34.5 Å². The van der Waals surface area contributed by atoms with Crippen LogP contribution in [0.2, 0.25) is 0 Å². The molecule has 0 radical (unpaired) electrons. The molecule has 0 bridgehead atoms. The summed E-state index contributed by atoms with van der Waals surface area (Å²) in [6.07, 6.45) is 24.9. The summed E-state index contributed by atoms with van der Waals surface area (Å²) >= 11 is 0. The minimum absolute atomic E-state index is 0.345. The van der Waals surface area contributed by atoms with Crippen LogP contribution >= 0.6 is 0 Å². The molecule has 0 aromatic carbocycles. The molecule has 0 atom stereocenters. The molecule has 5 aliphatic rings. The van der Waals surface area contributed by atoms with E-state index in [9.17, 15) is 4.79 Å². The Labute approximate surface area is 245 Å².